The van der Waals surface area contributed by atoms with Gasteiger partial charge in [-0.15, -0.1) is 0 Å². The molecule has 198 valence electrons. The third kappa shape index (κ3) is 7.76. The van der Waals surface area contributed by atoms with Gasteiger partial charge in [0.2, 0.25) is 11.8 Å². The summed E-state index contributed by atoms with van der Waals surface area (Å²) in [6.07, 6.45) is 2.08. The van der Waals surface area contributed by atoms with Gasteiger partial charge in [0.15, 0.2) is 0 Å². The second-order valence-electron chi connectivity index (χ2n) is 8.85. The number of hydrogen-bond donors (Lipinski definition) is 1. The lowest BCUT2D eigenvalue weighted by molar-refractivity contribution is -0.140. The number of rotatable bonds is 13. The Morgan fingerprint density at radius 1 is 1.06 bits per heavy atom. The van der Waals surface area contributed by atoms with Gasteiger partial charge in [0.1, 0.15) is 18.4 Å². The number of hydrogen-bond acceptors (Lipinski definition) is 4. The third-order valence-corrected chi connectivity index (χ3v) is 7.60. The molecule has 1 unspecified atom stereocenters. The molecule has 2 amide bonds. The van der Waals surface area contributed by atoms with Crippen molar-refractivity contribution in [2.45, 2.75) is 52.6 Å². The average molecular weight is 521 g/mol. The smallest absolute Gasteiger partial charge is 0.304 e. The van der Waals surface area contributed by atoms with E-state index in [4.69, 9.17) is 0 Å². The van der Waals surface area contributed by atoms with Gasteiger partial charge in [-0.05, 0) is 49.6 Å². The van der Waals surface area contributed by atoms with Gasteiger partial charge in [-0.1, -0.05) is 50.1 Å². The fourth-order valence-electron chi connectivity index (χ4n) is 3.76. The van der Waals surface area contributed by atoms with Gasteiger partial charge in [-0.25, -0.2) is 8.70 Å². The largest absolute Gasteiger partial charge is 0.354 e. The van der Waals surface area contributed by atoms with Gasteiger partial charge in [0.25, 0.3) is 0 Å². The fourth-order valence-corrected chi connectivity index (χ4v) is 4.81. The molecule has 0 fully saturated rings. The molecule has 36 heavy (non-hydrogen) atoms. The van der Waals surface area contributed by atoms with Crippen LogP contribution in [-0.4, -0.2) is 62.7 Å². The van der Waals surface area contributed by atoms with Gasteiger partial charge in [0.05, 0.1) is 5.69 Å². The molecule has 10 heteroatoms. The number of aryl methyl sites for hydroxylation is 1. The minimum Gasteiger partial charge on any atom is -0.354 e. The molecule has 0 aliphatic carbocycles. The van der Waals surface area contributed by atoms with E-state index in [1.54, 1.807) is 0 Å². The SMILES string of the molecule is CCCCNC(=O)C(CC)N(Cc1cccc(C)c1)C(=O)CN(c1ccc(F)cc1)S(=O)(=O)N(C)C. The Labute approximate surface area is 214 Å². The molecule has 0 aliphatic heterocycles. The Hall–Kier alpha value is -2.98. The summed E-state index contributed by atoms with van der Waals surface area (Å²) in [5.74, 6) is -1.34. The van der Waals surface area contributed by atoms with E-state index in [1.165, 1.54) is 31.1 Å². The zero-order chi connectivity index (χ0) is 26.9. The standard InChI is InChI=1S/C26H37FN4O4S/c1-6-8-16-28-26(33)24(7-2)30(18-21-11-9-10-20(3)17-21)25(32)19-31(36(34,35)29(4)5)23-14-12-22(27)13-15-23/h9-15,17,24H,6-8,16,18-19H2,1-5H3,(H,28,33). The van der Waals surface area contributed by atoms with Crippen LogP contribution in [0.15, 0.2) is 48.5 Å². The molecule has 0 saturated heterocycles. The van der Waals surface area contributed by atoms with Crippen LogP contribution in [0, 0.1) is 12.7 Å². The number of carbonyl (C=O) groups is 2. The van der Waals surface area contributed by atoms with Crippen LogP contribution in [0.4, 0.5) is 10.1 Å². The van der Waals surface area contributed by atoms with Gasteiger partial charge in [0, 0.05) is 27.2 Å². The molecule has 2 aromatic carbocycles. The van der Waals surface area contributed by atoms with E-state index in [9.17, 15) is 22.4 Å². The van der Waals surface area contributed by atoms with E-state index in [1.807, 2.05) is 45.0 Å². The van der Waals surface area contributed by atoms with Gasteiger partial charge < -0.3 is 10.2 Å². The summed E-state index contributed by atoms with van der Waals surface area (Å²) in [7, 11) is -1.37. The Morgan fingerprint density at radius 3 is 2.28 bits per heavy atom. The van der Waals surface area contributed by atoms with Crippen LogP contribution in [0.2, 0.25) is 0 Å². The highest BCUT2D eigenvalue weighted by molar-refractivity contribution is 7.90. The third-order valence-electron chi connectivity index (χ3n) is 5.78. The predicted octanol–water partition coefficient (Wildman–Crippen LogP) is 3.47. The van der Waals surface area contributed by atoms with Crippen molar-refractivity contribution in [2.24, 2.45) is 0 Å². The maximum atomic E-state index is 13.7. The number of nitrogens with zero attached hydrogens (tertiary/aromatic N) is 3. The summed E-state index contributed by atoms with van der Waals surface area (Å²) in [4.78, 5) is 28.2. The highest BCUT2D eigenvalue weighted by Crippen LogP contribution is 2.22. The van der Waals surface area contributed by atoms with E-state index >= 15 is 0 Å². The van der Waals surface area contributed by atoms with Crippen LogP contribution in [-0.2, 0) is 26.3 Å². The van der Waals surface area contributed by atoms with Crippen molar-refractivity contribution in [3.63, 3.8) is 0 Å². The summed E-state index contributed by atoms with van der Waals surface area (Å²) < 4.78 is 41.7. The molecular weight excluding hydrogens is 483 g/mol. The van der Waals surface area contributed by atoms with E-state index in [2.05, 4.69) is 5.32 Å². The Bertz CT molecular complexity index is 1120. The molecule has 0 saturated carbocycles. The number of amides is 2. The molecular formula is C26H37FN4O4S. The van der Waals surface area contributed by atoms with Crippen LogP contribution in [0.25, 0.3) is 0 Å². The lowest BCUT2D eigenvalue weighted by atomic mass is 10.1. The molecule has 2 aromatic rings. The molecule has 0 aliphatic rings. The summed E-state index contributed by atoms with van der Waals surface area (Å²) in [5, 5.41) is 2.89. The number of halogens is 1. The molecule has 0 heterocycles. The minimum absolute atomic E-state index is 0.138. The molecule has 1 N–H and O–H groups in total. The molecule has 0 aromatic heterocycles. The second kappa shape index (κ2) is 13.4. The molecule has 2 rings (SSSR count). The van der Waals surface area contributed by atoms with E-state index in [-0.39, 0.29) is 18.1 Å². The lowest BCUT2D eigenvalue weighted by Gasteiger charge is -2.34. The highest BCUT2D eigenvalue weighted by atomic mass is 32.2. The first kappa shape index (κ1) is 29.3. The quantitative estimate of drug-likeness (QED) is 0.410. The molecule has 0 bridgehead atoms. The van der Waals surface area contributed by atoms with E-state index in [0.29, 0.717) is 13.0 Å². The van der Waals surface area contributed by atoms with Gasteiger partial charge >= 0.3 is 10.2 Å². The topological polar surface area (TPSA) is 90.0 Å². The first-order chi connectivity index (χ1) is 17.0. The second-order valence-corrected chi connectivity index (χ2v) is 10.9. The van der Waals surface area contributed by atoms with Crippen LogP contribution in [0.5, 0.6) is 0 Å². The predicted molar refractivity (Wildman–Crippen MR) is 140 cm³/mol. The van der Waals surface area contributed by atoms with Crippen LogP contribution < -0.4 is 9.62 Å². The molecule has 0 radical (unpaired) electrons. The van der Waals surface area contributed by atoms with E-state index < -0.39 is 34.5 Å². The summed E-state index contributed by atoms with van der Waals surface area (Å²) in [6.45, 7) is 5.86. The highest BCUT2D eigenvalue weighted by Gasteiger charge is 2.33. The molecule has 0 spiro atoms. The number of unbranched alkanes of at least 4 members (excludes halogenated alkanes) is 1. The Balaban J connectivity index is 2.46. The van der Waals surface area contributed by atoms with E-state index in [0.717, 1.165) is 44.7 Å². The first-order valence-corrected chi connectivity index (χ1v) is 13.5. The van der Waals surface area contributed by atoms with Crippen molar-refractivity contribution in [1.82, 2.24) is 14.5 Å². The van der Waals surface area contributed by atoms with Crippen molar-refractivity contribution in [3.8, 4) is 0 Å². The Kier molecular flexibility index (Phi) is 10.9. The number of benzene rings is 2. The average Bonchev–Trinajstić information content (AvgIpc) is 2.83. The summed E-state index contributed by atoms with van der Waals surface area (Å²) >= 11 is 0. The van der Waals surface area contributed by atoms with Crippen molar-refractivity contribution >= 4 is 27.7 Å². The number of carbonyl (C=O) groups excluding carboxylic acids is 2. The van der Waals surface area contributed by atoms with Crippen LogP contribution in [0.3, 0.4) is 0 Å². The maximum Gasteiger partial charge on any atom is 0.304 e. The molecule has 1 atom stereocenters. The van der Waals surface area contributed by atoms with Crippen molar-refractivity contribution in [1.29, 1.82) is 0 Å². The normalized spacial score (nSPS) is 12.3. The van der Waals surface area contributed by atoms with Crippen LogP contribution in [0.1, 0.15) is 44.2 Å². The summed E-state index contributed by atoms with van der Waals surface area (Å²) in [6, 6.07) is 11.7. The Morgan fingerprint density at radius 2 is 1.72 bits per heavy atom. The summed E-state index contributed by atoms with van der Waals surface area (Å²) in [5.41, 5.74) is 1.98. The first-order valence-electron chi connectivity index (χ1n) is 12.1. The number of anilines is 1. The van der Waals surface area contributed by atoms with Gasteiger partial charge in [-0.3, -0.25) is 9.59 Å². The number of nitrogens with one attached hydrogen (secondary N) is 1. The fraction of sp³-hybridized carbons (Fsp3) is 0.462. The van der Waals surface area contributed by atoms with Crippen LogP contribution >= 0.6 is 0 Å². The lowest BCUT2D eigenvalue weighted by Crippen LogP contribution is -2.53. The minimum atomic E-state index is -4.09. The van der Waals surface area contributed by atoms with Gasteiger partial charge in [-0.2, -0.15) is 12.7 Å². The monoisotopic (exact) mass is 520 g/mol. The zero-order valence-electron chi connectivity index (χ0n) is 21.7. The maximum absolute atomic E-state index is 13.7. The zero-order valence-corrected chi connectivity index (χ0v) is 22.5. The molecule has 8 nitrogen and oxygen atoms in total. The van der Waals surface area contributed by atoms with Crippen molar-refractivity contribution < 1.29 is 22.4 Å². The van der Waals surface area contributed by atoms with Crippen molar-refractivity contribution in [2.75, 3.05) is 31.5 Å². The van der Waals surface area contributed by atoms with Crippen molar-refractivity contribution in [3.05, 3.63) is 65.5 Å².